The molecule has 0 amide bonds. The number of aromatic nitrogens is 3. The molecule has 0 spiro atoms. The smallest absolute Gasteiger partial charge is 0.0661 e. The fraction of sp³-hybridized carbons (Fsp3) is 0.120. The van der Waals surface area contributed by atoms with Crippen molar-refractivity contribution in [2.45, 2.75) is 79.3 Å². The van der Waals surface area contributed by atoms with E-state index >= 15 is 0 Å². The fourth-order valence-corrected chi connectivity index (χ4v) is 23.9. The van der Waals surface area contributed by atoms with E-state index in [1.807, 2.05) is 45.3 Å². The summed E-state index contributed by atoms with van der Waals surface area (Å²) >= 11 is 7.73. The molecule has 9 heteroatoms. The van der Waals surface area contributed by atoms with E-state index in [1.54, 1.807) is 0 Å². The van der Waals surface area contributed by atoms with Gasteiger partial charge in [-0.2, -0.15) is 0 Å². The van der Waals surface area contributed by atoms with Crippen LogP contribution in [0.4, 0.5) is 34.1 Å². The van der Waals surface area contributed by atoms with Gasteiger partial charge in [0.2, 0.25) is 0 Å². The van der Waals surface area contributed by atoms with Crippen molar-refractivity contribution in [2.24, 2.45) is 0 Å². The summed E-state index contributed by atoms with van der Waals surface area (Å²) in [5.41, 5.74) is 20.1. The molecule has 0 bridgehead atoms. The number of aryl methyl sites for hydroxylation is 2. The van der Waals surface area contributed by atoms with Gasteiger partial charge >= 0.3 is 0 Å². The third-order valence-electron chi connectivity index (χ3n) is 23.4. The molecule has 5 nitrogen and oxygen atoms in total. The summed E-state index contributed by atoms with van der Waals surface area (Å²) in [6.07, 6.45) is 0. The van der Waals surface area contributed by atoms with Gasteiger partial charge in [0.05, 0.1) is 27.1 Å². The van der Waals surface area contributed by atoms with Gasteiger partial charge in [-0.25, -0.2) is 0 Å². The molecule has 0 atom stereocenters. The van der Waals surface area contributed by atoms with E-state index in [-0.39, 0.29) is 10.8 Å². The van der Waals surface area contributed by atoms with Gasteiger partial charge < -0.3 is 23.5 Å². The van der Waals surface area contributed by atoms with E-state index in [1.165, 1.54) is 168 Å². The lowest BCUT2D eigenvalue weighted by Crippen LogP contribution is -2.11. The summed E-state index contributed by atoms with van der Waals surface area (Å²) in [6.45, 7) is 20.4. The molecule has 22 aromatic rings. The van der Waals surface area contributed by atoms with Crippen LogP contribution in [0, 0.1) is 0 Å². The predicted octanol–water partition coefficient (Wildman–Crippen LogP) is 30.9. The van der Waals surface area contributed by atoms with Crippen LogP contribution in [0.1, 0.15) is 66.5 Å². The maximum atomic E-state index is 2.65. The summed E-state index contributed by atoms with van der Waals surface area (Å²) in [5.74, 6) is 0. The highest BCUT2D eigenvalue weighted by molar-refractivity contribution is 7.28. The minimum Gasteiger partial charge on any atom is -0.341 e. The number of nitrogens with zero attached hydrogens (tertiary/aromatic N) is 5. The van der Waals surface area contributed by atoms with Crippen molar-refractivity contribution < 1.29 is 0 Å². The lowest BCUT2D eigenvalue weighted by atomic mass is 9.86. The fourth-order valence-electron chi connectivity index (χ4n) is 18.5. The van der Waals surface area contributed by atoms with Crippen LogP contribution in [0.15, 0.2) is 285 Å². The van der Waals surface area contributed by atoms with Crippen LogP contribution in [-0.4, -0.2) is 13.7 Å². The third kappa shape index (κ3) is 9.59. The molecule has 0 saturated carbocycles. The Morgan fingerprint density at radius 3 is 1.28 bits per heavy atom. The summed E-state index contributed by atoms with van der Waals surface area (Å²) < 4.78 is 17.9. The zero-order chi connectivity index (χ0) is 73.0. The van der Waals surface area contributed by atoms with Crippen molar-refractivity contribution in [3.05, 3.63) is 296 Å². The Bertz CT molecular complexity index is 7610. The average Bonchev–Trinajstić information content (AvgIpc) is 1.52. The molecule has 0 radical (unpaired) electrons. The van der Waals surface area contributed by atoms with Gasteiger partial charge in [0.15, 0.2) is 0 Å². The topological polar surface area (TPSA) is 21.3 Å². The van der Waals surface area contributed by atoms with Crippen molar-refractivity contribution in [1.29, 1.82) is 0 Å². The Labute approximate surface area is 647 Å². The molecule has 109 heavy (non-hydrogen) atoms. The van der Waals surface area contributed by atoms with Gasteiger partial charge in [-0.1, -0.05) is 217 Å². The number of rotatable bonds is 10. The van der Waals surface area contributed by atoms with E-state index in [0.717, 1.165) is 63.9 Å². The lowest BCUT2D eigenvalue weighted by Gasteiger charge is -2.27. The minimum atomic E-state index is -0.0336. The van der Waals surface area contributed by atoms with Gasteiger partial charge in [0, 0.05) is 172 Å². The van der Waals surface area contributed by atoms with Crippen molar-refractivity contribution in [1.82, 2.24) is 13.7 Å². The van der Waals surface area contributed by atoms with Gasteiger partial charge in [-0.15, -0.1) is 45.3 Å². The molecule has 524 valence electrons. The Kier molecular flexibility index (Phi) is 14.2. The van der Waals surface area contributed by atoms with E-state index in [0.29, 0.717) is 0 Å². The maximum Gasteiger partial charge on any atom is 0.0661 e. The first-order chi connectivity index (χ1) is 53.2. The molecule has 7 aromatic heterocycles. The van der Waals surface area contributed by atoms with Gasteiger partial charge in [-0.05, 0) is 167 Å². The number of hydrogen-bond acceptors (Lipinski definition) is 6. The van der Waals surface area contributed by atoms with Crippen LogP contribution in [0.2, 0.25) is 0 Å². The average molecular weight is 1480 g/mol. The van der Waals surface area contributed by atoms with E-state index < -0.39 is 0 Å². The molecular weight excluding hydrogens is 1400 g/mol. The number of hydrogen-bond donors (Lipinski definition) is 0. The second-order valence-electron chi connectivity index (χ2n) is 31.6. The number of para-hydroxylation sites is 2. The first kappa shape index (κ1) is 64.6. The second kappa shape index (κ2) is 24.0. The molecule has 0 aliphatic heterocycles. The van der Waals surface area contributed by atoms with Crippen molar-refractivity contribution >= 4 is 236 Å². The summed E-state index contributed by atoms with van der Waals surface area (Å²) in [4.78, 5) is 5.25. The molecule has 0 aliphatic carbocycles. The van der Waals surface area contributed by atoms with Crippen LogP contribution in [0.25, 0.3) is 174 Å². The zero-order valence-electron chi connectivity index (χ0n) is 61.9. The number of thiophene rings is 4. The molecule has 0 fully saturated rings. The van der Waals surface area contributed by atoms with Gasteiger partial charge in [-0.3, -0.25) is 0 Å². The normalized spacial score (nSPS) is 12.7. The quantitative estimate of drug-likeness (QED) is 0.136. The summed E-state index contributed by atoms with van der Waals surface area (Å²) in [6, 6.07) is 110. The Morgan fingerprint density at radius 2 is 0.716 bits per heavy atom. The highest BCUT2D eigenvalue weighted by Crippen LogP contribution is 2.58. The Morgan fingerprint density at radius 1 is 0.284 bits per heavy atom. The number of anilines is 6. The van der Waals surface area contributed by atoms with Crippen LogP contribution in [-0.2, 0) is 23.9 Å². The predicted molar refractivity (Wildman–Crippen MR) is 479 cm³/mol. The van der Waals surface area contributed by atoms with Crippen molar-refractivity contribution in [2.75, 3.05) is 9.80 Å². The highest BCUT2D eigenvalue weighted by Gasteiger charge is 2.32. The highest BCUT2D eigenvalue weighted by atomic mass is 32.1. The summed E-state index contributed by atoms with van der Waals surface area (Å²) in [7, 11) is 0. The second-order valence-corrected chi connectivity index (χ2v) is 35.8. The van der Waals surface area contributed by atoms with Gasteiger partial charge in [0.1, 0.15) is 0 Å². The largest absolute Gasteiger partial charge is 0.341 e. The number of fused-ring (bicyclic) bond motifs is 24. The van der Waals surface area contributed by atoms with E-state index in [9.17, 15) is 0 Å². The number of benzene rings is 15. The monoisotopic (exact) mass is 1470 g/mol. The summed E-state index contributed by atoms with van der Waals surface area (Å²) in [5, 5.41) is 20.2. The van der Waals surface area contributed by atoms with E-state index in [2.05, 4.69) is 364 Å². The standard InChI is InChI=1S/C100H75N5S4/c1-9-101-79-36-17-13-27-67(79)75-52-61(46-50-81(75)101)103(63-44-48-69-71-32-22-34-77(99(3,4)5)95(71)108-89(69)54-63)83-56-85-94(98-91(83)73-29-15-19-38-87(73)107-98)93-84(105(85)60-42-40-59(41-43-60)66-31-21-25-58-24-11-12-26-65(58)66)57-86(97-92(93)74-30-16-20-39-88(74)106-97)104(62-47-51-82-76(53-62)68-28-14-18-37-80(68)102(82)10-2)64-45-49-70-72-33-23-35-78(100(6,7)8)96(72)109-90(70)55-64/h11-57H,9-10H2,1-8H3. The van der Waals surface area contributed by atoms with Crippen LogP contribution in [0.5, 0.6) is 0 Å². The SMILES string of the molecule is CCn1c2ccccc2c2cc(N(c3ccc4c(c3)sc3c(C(C)(C)C)cccc34)c3cc4c(c5c3sc3ccccc35)c3c5sc6ccccc6c5c(N(c5ccc6c(c5)sc5c(C(C)(C)C)cccc56)c5ccc6c(c5)c5ccccc5n6CC)cc3n4-c3ccc(-c4cccc5ccccc45)cc3)ccc21. The first-order valence-corrected chi connectivity index (χ1v) is 41.4. The zero-order valence-corrected chi connectivity index (χ0v) is 65.2. The molecule has 22 rings (SSSR count). The Hall–Kier alpha value is -11.6. The molecule has 0 aliphatic rings. The van der Waals surface area contributed by atoms with Crippen LogP contribution >= 0.6 is 45.3 Å². The Balaban J connectivity index is 0.894. The van der Waals surface area contributed by atoms with Gasteiger partial charge in [0.25, 0.3) is 0 Å². The minimum absolute atomic E-state index is 0.0319. The molecule has 0 N–H and O–H groups in total. The lowest BCUT2D eigenvalue weighted by molar-refractivity contribution is 0.596. The van der Waals surface area contributed by atoms with Crippen LogP contribution < -0.4 is 9.80 Å². The molecule has 15 aromatic carbocycles. The van der Waals surface area contributed by atoms with E-state index in [4.69, 9.17) is 0 Å². The molecule has 0 unspecified atom stereocenters. The van der Waals surface area contributed by atoms with Crippen molar-refractivity contribution in [3.8, 4) is 16.8 Å². The first-order valence-electron chi connectivity index (χ1n) is 38.1. The van der Waals surface area contributed by atoms with Crippen molar-refractivity contribution in [3.63, 3.8) is 0 Å². The molecular formula is C100H75N5S4. The maximum absolute atomic E-state index is 2.65. The molecule has 0 saturated heterocycles. The third-order valence-corrected chi connectivity index (χ3v) is 28.2. The molecule has 7 heterocycles. The van der Waals surface area contributed by atoms with Crippen LogP contribution in [0.3, 0.4) is 0 Å².